The molecule has 0 aliphatic rings. The molecule has 0 aromatic heterocycles. The Labute approximate surface area is 143 Å². The molecule has 0 aliphatic carbocycles. The Kier molecular flexibility index (Phi) is 6.27. The van der Waals surface area contributed by atoms with Crippen molar-refractivity contribution < 1.29 is 4.74 Å². The lowest BCUT2D eigenvalue weighted by Gasteiger charge is -2.16. The van der Waals surface area contributed by atoms with Crippen LogP contribution in [0.3, 0.4) is 0 Å². The number of ether oxygens (including phenoxy) is 1. The number of hydrogen-bond acceptors (Lipinski definition) is 2. The van der Waals surface area contributed by atoms with Crippen molar-refractivity contribution in [3.8, 4) is 5.75 Å². The van der Waals surface area contributed by atoms with Crippen molar-refractivity contribution in [2.24, 2.45) is 0 Å². The molecule has 4 heteroatoms. The molecule has 0 bridgehead atoms. The number of methoxy groups -OCH3 is 1. The normalized spacial score (nSPS) is 12.2. The molecule has 1 atom stereocenters. The molecule has 2 aromatic rings. The summed E-state index contributed by atoms with van der Waals surface area (Å²) >= 11 is 6.97. The van der Waals surface area contributed by atoms with Gasteiger partial charge in [-0.25, -0.2) is 0 Å². The van der Waals surface area contributed by atoms with E-state index >= 15 is 0 Å². The lowest BCUT2D eigenvalue weighted by atomic mass is 10.1. The van der Waals surface area contributed by atoms with E-state index in [1.807, 2.05) is 12.1 Å². The van der Waals surface area contributed by atoms with Crippen molar-refractivity contribution in [3.63, 3.8) is 0 Å². The first-order valence-corrected chi connectivity index (χ1v) is 8.47. The zero-order valence-corrected chi connectivity index (χ0v) is 15.4. The minimum atomic E-state index is 0.398. The van der Waals surface area contributed by atoms with Gasteiger partial charge in [0.1, 0.15) is 5.75 Å². The molecule has 0 heterocycles. The Bertz CT molecular complexity index is 584. The molecule has 1 N–H and O–H groups in total. The van der Waals surface area contributed by atoms with Gasteiger partial charge in [-0.2, -0.15) is 0 Å². The first-order valence-electron chi connectivity index (χ1n) is 6.88. The van der Waals surface area contributed by atoms with Crippen LogP contribution in [0.25, 0.3) is 0 Å². The predicted molar refractivity (Wildman–Crippen MR) is 94.8 cm³/mol. The Morgan fingerprint density at radius 1 is 1.05 bits per heavy atom. The quantitative estimate of drug-likeness (QED) is 0.725. The maximum absolute atomic E-state index is 5.40. The second-order valence-corrected chi connectivity index (χ2v) is 6.90. The van der Waals surface area contributed by atoms with Gasteiger partial charge in [0.05, 0.1) is 7.11 Å². The Hall–Kier alpha value is -0.840. The first kappa shape index (κ1) is 16.5. The summed E-state index contributed by atoms with van der Waals surface area (Å²) in [5.41, 5.74) is 2.49. The summed E-state index contributed by atoms with van der Waals surface area (Å²) in [7, 11) is 1.71. The molecular formula is C17H19Br2NO. The molecule has 2 rings (SSSR count). The second kappa shape index (κ2) is 7.97. The van der Waals surface area contributed by atoms with E-state index in [1.54, 1.807) is 7.11 Å². The fourth-order valence-corrected chi connectivity index (χ4v) is 2.89. The summed E-state index contributed by atoms with van der Waals surface area (Å²) in [4.78, 5) is 0. The summed E-state index contributed by atoms with van der Waals surface area (Å²) in [6, 6.07) is 14.9. The highest BCUT2D eigenvalue weighted by molar-refractivity contribution is 9.10. The predicted octanol–water partition coefficient (Wildman–Crippen LogP) is 4.94. The van der Waals surface area contributed by atoms with E-state index in [4.69, 9.17) is 4.74 Å². The van der Waals surface area contributed by atoms with Crippen molar-refractivity contribution in [1.82, 2.24) is 5.32 Å². The molecule has 2 aromatic carbocycles. The maximum atomic E-state index is 5.40. The van der Waals surface area contributed by atoms with E-state index < -0.39 is 0 Å². The van der Waals surface area contributed by atoms with Crippen LogP contribution in [0.4, 0.5) is 0 Å². The van der Waals surface area contributed by atoms with Gasteiger partial charge < -0.3 is 10.1 Å². The van der Waals surface area contributed by atoms with Gasteiger partial charge in [-0.05, 0) is 49.2 Å². The molecule has 2 nitrogen and oxygen atoms in total. The SMILES string of the molecule is COc1ccc(Br)cc1CNC(C)Cc1ccc(Br)cc1. The number of benzene rings is 2. The lowest BCUT2D eigenvalue weighted by molar-refractivity contribution is 0.405. The minimum Gasteiger partial charge on any atom is -0.496 e. The maximum Gasteiger partial charge on any atom is 0.123 e. The lowest BCUT2D eigenvalue weighted by Crippen LogP contribution is -2.27. The van der Waals surface area contributed by atoms with Gasteiger partial charge in [-0.3, -0.25) is 0 Å². The zero-order valence-electron chi connectivity index (χ0n) is 12.2. The van der Waals surface area contributed by atoms with Crippen molar-refractivity contribution >= 4 is 31.9 Å². The van der Waals surface area contributed by atoms with E-state index in [0.717, 1.165) is 33.2 Å². The van der Waals surface area contributed by atoms with Crippen LogP contribution in [-0.2, 0) is 13.0 Å². The van der Waals surface area contributed by atoms with Crippen molar-refractivity contribution in [1.29, 1.82) is 0 Å². The smallest absolute Gasteiger partial charge is 0.123 e. The third kappa shape index (κ3) is 5.13. The van der Waals surface area contributed by atoms with Gasteiger partial charge in [0.15, 0.2) is 0 Å². The second-order valence-electron chi connectivity index (χ2n) is 5.07. The monoisotopic (exact) mass is 411 g/mol. The summed E-state index contributed by atoms with van der Waals surface area (Å²) in [6.45, 7) is 2.99. The van der Waals surface area contributed by atoms with E-state index in [2.05, 4.69) is 74.4 Å². The Balaban J connectivity index is 1.93. The summed E-state index contributed by atoms with van der Waals surface area (Å²) in [6.07, 6.45) is 1.00. The average Bonchev–Trinajstić information content (AvgIpc) is 2.48. The topological polar surface area (TPSA) is 21.3 Å². The number of hydrogen-bond donors (Lipinski definition) is 1. The molecular weight excluding hydrogens is 394 g/mol. The molecule has 1 unspecified atom stereocenters. The van der Waals surface area contributed by atoms with E-state index in [1.165, 1.54) is 5.56 Å². The summed E-state index contributed by atoms with van der Waals surface area (Å²) < 4.78 is 7.58. The van der Waals surface area contributed by atoms with Crippen LogP contribution in [0, 0.1) is 0 Å². The van der Waals surface area contributed by atoms with Crippen LogP contribution < -0.4 is 10.1 Å². The summed E-state index contributed by atoms with van der Waals surface area (Å²) in [5.74, 6) is 0.918. The third-order valence-corrected chi connectivity index (χ3v) is 4.36. The molecule has 0 aliphatic heterocycles. The van der Waals surface area contributed by atoms with Gasteiger partial charge in [0.2, 0.25) is 0 Å². The van der Waals surface area contributed by atoms with Crippen molar-refractivity contribution in [3.05, 3.63) is 62.5 Å². The first-order chi connectivity index (χ1) is 10.1. The number of halogens is 2. The van der Waals surface area contributed by atoms with E-state index in [-0.39, 0.29) is 0 Å². The Morgan fingerprint density at radius 3 is 2.38 bits per heavy atom. The van der Waals surface area contributed by atoms with Crippen LogP contribution in [0.5, 0.6) is 5.75 Å². The molecule has 0 radical (unpaired) electrons. The van der Waals surface area contributed by atoms with Gasteiger partial charge in [0.25, 0.3) is 0 Å². The molecule has 112 valence electrons. The van der Waals surface area contributed by atoms with Crippen LogP contribution in [-0.4, -0.2) is 13.2 Å². The largest absolute Gasteiger partial charge is 0.496 e. The van der Waals surface area contributed by atoms with Crippen LogP contribution in [0.2, 0.25) is 0 Å². The number of nitrogens with one attached hydrogen (secondary N) is 1. The Morgan fingerprint density at radius 2 is 1.71 bits per heavy atom. The summed E-state index contributed by atoms with van der Waals surface area (Å²) in [5, 5.41) is 3.55. The van der Waals surface area contributed by atoms with Crippen LogP contribution in [0.15, 0.2) is 51.4 Å². The third-order valence-electron chi connectivity index (χ3n) is 3.34. The van der Waals surface area contributed by atoms with Gasteiger partial charge >= 0.3 is 0 Å². The van der Waals surface area contributed by atoms with Crippen molar-refractivity contribution in [2.75, 3.05) is 7.11 Å². The highest BCUT2D eigenvalue weighted by Gasteiger charge is 2.07. The zero-order chi connectivity index (χ0) is 15.2. The van der Waals surface area contributed by atoms with Crippen LogP contribution >= 0.6 is 31.9 Å². The fraction of sp³-hybridized carbons (Fsp3) is 0.294. The van der Waals surface area contributed by atoms with E-state index in [0.29, 0.717) is 6.04 Å². The standard InChI is InChI=1S/C17H19Br2NO/c1-12(9-13-3-5-15(18)6-4-13)20-11-14-10-16(19)7-8-17(14)21-2/h3-8,10,12,20H,9,11H2,1-2H3. The molecule has 0 saturated heterocycles. The van der Waals surface area contributed by atoms with Gasteiger partial charge in [0, 0.05) is 27.1 Å². The molecule has 0 spiro atoms. The molecule has 0 amide bonds. The van der Waals surface area contributed by atoms with Gasteiger partial charge in [-0.15, -0.1) is 0 Å². The van der Waals surface area contributed by atoms with E-state index in [9.17, 15) is 0 Å². The van der Waals surface area contributed by atoms with Gasteiger partial charge in [-0.1, -0.05) is 44.0 Å². The highest BCUT2D eigenvalue weighted by atomic mass is 79.9. The molecule has 0 fully saturated rings. The molecule has 21 heavy (non-hydrogen) atoms. The minimum absolute atomic E-state index is 0.398. The number of rotatable bonds is 6. The van der Waals surface area contributed by atoms with Crippen molar-refractivity contribution in [2.45, 2.75) is 25.9 Å². The highest BCUT2D eigenvalue weighted by Crippen LogP contribution is 2.23. The molecule has 0 saturated carbocycles. The fourth-order valence-electron chi connectivity index (χ4n) is 2.22. The average molecular weight is 413 g/mol. The van der Waals surface area contributed by atoms with Crippen LogP contribution in [0.1, 0.15) is 18.1 Å².